The molecule has 1 saturated carbocycles. The van der Waals surface area contributed by atoms with Crippen molar-refractivity contribution in [3.8, 4) is 0 Å². The van der Waals surface area contributed by atoms with Crippen LogP contribution < -0.4 is 11.1 Å². The first kappa shape index (κ1) is 10.5. The SMILES string of the molecule is CCC(CC1CC1)NC(C)C(N)=O. The Hall–Kier alpha value is -0.570. The Kier molecular flexibility index (Phi) is 3.72. The summed E-state index contributed by atoms with van der Waals surface area (Å²) in [6.07, 6.45) is 5.01. The van der Waals surface area contributed by atoms with Gasteiger partial charge < -0.3 is 11.1 Å². The lowest BCUT2D eigenvalue weighted by Crippen LogP contribution is -2.44. The topological polar surface area (TPSA) is 55.1 Å². The molecule has 2 unspecified atom stereocenters. The standard InChI is InChI=1S/C10H20N2O/c1-3-9(6-8-4-5-8)12-7(2)10(11)13/h7-9,12H,3-6H2,1-2H3,(H2,11,13). The van der Waals surface area contributed by atoms with Gasteiger partial charge in [-0.15, -0.1) is 0 Å². The molecule has 3 nitrogen and oxygen atoms in total. The van der Waals surface area contributed by atoms with Crippen LogP contribution in [0.5, 0.6) is 0 Å². The highest BCUT2D eigenvalue weighted by atomic mass is 16.1. The van der Waals surface area contributed by atoms with Gasteiger partial charge in [-0.25, -0.2) is 0 Å². The molecule has 0 heterocycles. The minimum atomic E-state index is -0.255. The summed E-state index contributed by atoms with van der Waals surface area (Å²) >= 11 is 0. The van der Waals surface area contributed by atoms with Crippen LogP contribution in [-0.2, 0) is 4.79 Å². The molecule has 76 valence electrons. The lowest BCUT2D eigenvalue weighted by Gasteiger charge is -2.19. The monoisotopic (exact) mass is 184 g/mol. The van der Waals surface area contributed by atoms with E-state index >= 15 is 0 Å². The number of carbonyl (C=O) groups excluding carboxylic acids is 1. The lowest BCUT2D eigenvalue weighted by atomic mass is 10.1. The van der Waals surface area contributed by atoms with E-state index in [0.717, 1.165) is 12.3 Å². The second kappa shape index (κ2) is 4.61. The molecule has 0 aromatic carbocycles. The van der Waals surface area contributed by atoms with Gasteiger partial charge in [0, 0.05) is 6.04 Å². The Bertz CT molecular complexity index is 178. The molecule has 0 bridgehead atoms. The number of amides is 1. The Morgan fingerprint density at radius 2 is 2.23 bits per heavy atom. The first-order valence-electron chi connectivity index (χ1n) is 5.18. The van der Waals surface area contributed by atoms with Crippen LogP contribution >= 0.6 is 0 Å². The maximum atomic E-state index is 10.8. The normalized spacial score (nSPS) is 21.1. The van der Waals surface area contributed by atoms with Gasteiger partial charge in [0.05, 0.1) is 6.04 Å². The second-order valence-corrected chi connectivity index (χ2v) is 4.07. The molecule has 3 heteroatoms. The zero-order chi connectivity index (χ0) is 9.84. The van der Waals surface area contributed by atoms with Crippen molar-refractivity contribution in [3.63, 3.8) is 0 Å². The highest BCUT2D eigenvalue weighted by Crippen LogP contribution is 2.34. The lowest BCUT2D eigenvalue weighted by molar-refractivity contribution is -0.119. The van der Waals surface area contributed by atoms with Crippen LogP contribution in [0.4, 0.5) is 0 Å². The molecule has 1 fully saturated rings. The Labute approximate surface area is 80.1 Å². The molecule has 0 spiro atoms. The number of hydrogen-bond donors (Lipinski definition) is 2. The smallest absolute Gasteiger partial charge is 0.234 e. The van der Waals surface area contributed by atoms with Gasteiger partial charge in [-0.05, 0) is 25.7 Å². The van der Waals surface area contributed by atoms with Gasteiger partial charge in [0.25, 0.3) is 0 Å². The number of carbonyl (C=O) groups is 1. The van der Waals surface area contributed by atoms with E-state index in [1.54, 1.807) is 0 Å². The number of nitrogens with one attached hydrogen (secondary N) is 1. The maximum absolute atomic E-state index is 10.8. The fourth-order valence-electron chi connectivity index (χ4n) is 1.54. The fourth-order valence-corrected chi connectivity index (χ4v) is 1.54. The van der Waals surface area contributed by atoms with Crippen molar-refractivity contribution in [3.05, 3.63) is 0 Å². The average molecular weight is 184 g/mol. The summed E-state index contributed by atoms with van der Waals surface area (Å²) in [5, 5.41) is 3.26. The fraction of sp³-hybridized carbons (Fsp3) is 0.900. The van der Waals surface area contributed by atoms with E-state index in [2.05, 4.69) is 12.2 Å². The predicted octanol–water partition coefficient (Wildman–Crippen LogP) is 1.03. The molecule has 0 radical (unpaired) electrons. The van der Waals surface area contributed by atoms with Crippen LogP contribution in [0.15, 0.2) is 0 Å². The quantitative estimate of drug-likeness (QED) is 0.647. The van der Waals surface area contributed by atoms with Crippen LogP contribution in [-0.4, -0.2) is 18.0 Å². The summed E-state index contributed by atoms with van der Waals surface area (Å²) in [4.78, 5) is 10.8. The number of hydrogen-bond acceptors (Lipinski definition) is 2. The third-order valence-electron chi connectivity index (χ3n) is 2.72. The molecule has 3 N–H and O–H groups in total. The van der Waals surface area contributed by atoms with Gasteiger partial charge in [0.15, 0.2) is 0 Å². The number of primary amides is 1. The van der Waals surface area contributed by atoms with Crippen LogP contribution in [0.1, 0.15) is 39.5 Å². The molecule has 0 saturated heterocycles. The van der Waals surface area contributed by atoms with E-state index in [0.29, 0.717) is 6.04 Å². The molecule has 1 amide bonds. The molecular formula is C10H20N2O. The average Bonchev–Trinajstić information content (AvgIpc) is 2.86. The zero-order valence-electron chi connectivity index (χ0n) is 8.55. The summed E-state index contributed by atoms with van der Waals surface area (Å²) in [5.41, 5.74) is 5.18. The number of rotatable bonds is 6. The number of nitrogens with two attached hydrogens (primary N) is 1. The van der Waals surface area contributed by atoms with Gasteiger partial charge in [0.2, 0.25) is 5.91 Å². The third kappa shape index (κ3) is 3.77. The molecule has 1 rings (SSSR count). The summed E-state index contributed by atoms with van der Waals surface area (Å²) in [6, 6.07) is 0.277. The predicted molar refractivity (Wildman–Crippen MR) is 53.2 cm³/mol. The van der Waals surface area contributed by atoms with E-state index in [9.17, 15) is 4.79 Å². The van der Waals surface area contributed by atoms with E-state index < -0.39 is 0 Å². The van der Waals surface area contributed by atoms with Crippen LogP contribution in [0, 0.1) is 5.92 Å². The van der Waals surface area contributed by atoms with Gasteiger partial charge in [-0.3, -0.25) is 4.79 Å². The largest absolute Gasteiger partial charge is 0.368 e. The maximum Gasteiger partial charge on any atom is 0.234 e. The summed E-state index contributed by atoms with van der Waals surface area (Å²) in [6.45, 7) is 3.98. The highest BCUT2D eigenvalue weighted by molar-refractivity contribution is 5.79. The Morgan fingerprint density at radius 3 is 2.62 bits per heavy atom. The molecule has 1 aliphatic rings. The van der Waals surface area contributed by atoms with E-state index in [1.807, 2.05) is 6.92 Å². The van der Waals surface area contributed by atoms with E-state index in [4.69, 9.17) is 5.73 Å². The van der Waals surface area contributed by atoms with Crippen molar-refractivity contribution in [2.75, 3.05) is 0 Å². The molecule has 0 aliphatic heterocycles. The second-order valence-electron chi connectivity index (χ2n) is 4.07. The minimum Gasteiger partial charge on any atom is -0.368 e. The Balaban J connectivity index is 2.24. The van der Waals surface area contributed by atoms with Crippen molar-refractivity contribution in [2.24, 2.45) is 11.7 Å². The molecule has 1 aliphatic carbocycles. The van der Waals surface area contributed by atoms with Crippen molar-refractivity contribution in [2.45, 2.75) is 51.6 Å². The molecule has 2 atom stereocenters. The summed E-state index contributed by atoms with van der Waals surface area (Å²) < 4.78 is 0. The van der Waals surface area contributed by atoms with Crippen LogP contribution in [0.25, 0.3) is 0 Å². The summed E-state index contributed by atoms with van der Waals surface area (Å²) in [5.74, 6) is 0.645. The highest BCUT2D eigenvalue weighted by Gasteiger charge is 2.25. The van der Waals surface area contributed by atoms with E-state index in [-0.39, 0.29) is 11.9 Å². The molecule has 13 heavy (non-hydrogen) atoms. The Morgan fingerprint density at radius 1 is 1.62 bits per heavy atom. The van der Waals surface area contributed by atoms with Crippen LogP contribution in [0.2, 0.25) is 0 Å². The van der Waals surface area contributed by atoms with Crippen LogP contribution in [0.3, 0.4) is 0 Å². The van der Waals surface area contributed by atoms with Crippen molar-refractivity contribution in [1.82, 2.24) is 5.32 Å². The van der Waals surface area contributed by atoms with Gasteiger partial charge in [0.1, 0.15) is 0 Å². The third-order valence-corrected chi connectivity index (χ3v) is 2.72. The van der Waals surface area contributed by atoms with Crippen molar-refractivity contribution in [1.29, 1.82) is 0 Å². The minimum absolute atomic E-state index is 0.191. The van der Waals surface area contributed by atoms with Crippen molar-refractivity contribution >= 4 is 5.91 Å². The molecule has 0 aromatic rings. The molecular weight excluding hydrogens is 164 g/mol. The van der Waals surface area contributed by atoms with Gasteiger partial charge in [-0.1, -0.05) is 19.8 Å². The van der Waals surface area contributed by atoms with Crippen molar-refractivity contribution < 1.29 is 4.79 Å². The molecule has 0 aromatic heterocycles. The van der Waals surface area contributed by atoms with E-state index in [1.165, 1.54) is 19.3 Å². The summed E-state index contributed by atoms with van der Waals surface area (Å²) in [7, 11) is 0. The first-order valence-corrected chi connectivity index (χ1v) is 5.18. The zero-order valence-corrected chi connectivity index (χ0v) is 8.55. The first-order chi connectivity index (χ1) is 6.13. The van der Waals surface area contributed by atoms with Gasteiger partial charge in [-0.2, -0.15) is 0 Å². The van der Waals surface area contributed by atoms with Gasteiger partial charge >= 0.3 is 0 Å².